The molecule has 0 saturated heterocycles. The lowest BCUT2D eigenvalue weighted by Crippen LogP contribution is -2.56. The summed E-state index contributed by atoms with van der Waals surface area (Å²) in [6, 6.07) is 23.5. The van der Waals surface area contributed by atoms with Crippen molar-refractivity contribution >= 4 is 40.6 Å². The molecule has 3 N–H and O–H groups in total. The third-order valence-electron chi connectivity index (χ3n) is 9.44. The topological polar surface area (TPSA) is 114 Å². The number of Topliss-reactive ketones (excluding diaryl/α,β-unsaturated/α-hetero) is 1. The summed E-state index contributed by atoms with van der Waals surface area (Å²) in [5.41, 5.74) is 4.47. The van der Waals surface area contributed by atoms with Crippen LogP contribution < -0.4 is 20.1 Å². The molecule has 4 aromatic carbocycles. The fourth-order valence-electron chi connectivity index (χ4n) is 6.44. The number of ether oxygens (including phenoxy) is 2. The Hall–Kier alpha value is -4.66. The highest BCUT2D eigenvalue weighted by Gasteiger charge is 2.56. The second-order valence-electron chi connectivity index (χ2n) is 12.8. The largest absolute Gasteiger partial charge is 0.493 e. The zero-order chi connectivity index (χ0) is 34.7. The minimum Gasteiger partial charge on any atom is -0.493 e. The van der Waals surface area contributed by atoms with Gasteiger partial charge in [0.1, 0.15) is 18.3 Å². The first-order valence-corrected chi connectivity index (χ1v) is 16.2. The first kappa shape index (κ1) is 34.7. The number of hydrogen-bond donors (Lipinski definition) is 3. The Bertz CT molecular complexity index is 1850. The lowest BCUT2D eigenvalue weighted by molar-refractivity contribution is -0.150. The van der Waals surface area contributed by atoms with Crippen molar-refractivity contribution in [1.82, 2.24) is 0 Å². The van der Waals surface area contributed by atoms with Gasteiger partial charge in [-0.15, -0.1) is 0 Å². The van der Waals surface area contributed by atoms with Gasteiger partial charge in [0, 0.05) is 28.7 Å². The van der Waals surface area contributed by atoms with Crippen molar-refractivity contribution in [3.8, 4) is 11.5 Å². The van der Waals surface area contributed by atoms with Gasteiger partial charge in [-0.3, -0.25) is 14.4 Å². The van der Waals surface area contributed by atoms with E-state index in [1.807, 2.05) is 64.1 Å². The minimum absolute atomic E-state index is 0.241. The lowest BCUT2D eigenvalue weighted by Gasteiger charge is -2.44. The van der Waals surface area contributed by atoms with E-state index in [9.17, 15) is 19.5 Å². The summed E-state index contributed by atoms with van der Waals surface area (Å²) in [6.07, 6.45) is -0.376. The van der Waals surface area contributed by atoms with E-state index in [-0.39, 0.29) is 13.0 Å². The number of hydrogen-bond acceptors (Lipinski definition) is 6. The molecule has 0 spiro atoms. The molecule has 4 atom stereocenters. The van der Waals surface area contributed by atoms with Crippen LogP contribution in [0.2, 0.25) is 5.02 Å². The molecule has 48 heavy (non-hydrogen) atoms. The maximum Gasteiger partial charge on any atom is 0.235 e. The molecule has 0 radical (unpaired) electrons. The smallest absolute Gasteiger partial charge is 0.235 e. The maximum atomic E-state index is 14.3. The molecule has 4 aromatic rings. The summed E-state index contributed by atoms with van der Waals surface area (Å²) in [7, 11) is 1.49. The number of ketones is 1. The normalized spacial score (nSPS) is 20.6. The Morgan fingerprint density at radius 2 is 1.44 bits per heavy atom. The summed E-state index contributed by atoms with van der Waals surface area (Å²) < 4.78 is 11.8. The zero-order valence-electron chi connectivity index (χ0n) is 28.0. The Kier molecular flexibility index (Phi) is 10.3. The van der Waals surface area contributed by atoms with Crippen LogP contribution in [0.1, 0.15) is 52.6 Å². The number of aryl methyl sites for hydroxylation is 2. The minimum atomic E-state index is -1.77. The van der Waals surface area contributed by atoms with Crippen LogP contribution in [0.25, 0.3) is 0 Å². The molecule has 0 aliphatic heterocycles. The van der Waals surface area contributed by atoms with Crippen LogP contribution in [-0.2, 0) is 21.0 Å². The van der Waals surface area contributed by atoms with Crippen LogP contribution in [0, 0.1) is 39.5 Å². The van der Waals surface area contributed by atoms with Gasteiger partial charge in [0.2, 0.25) is 11.8 Å². The number of amides is 2. The fourth-order valence-corrected chi connectivity index (χ4v) is 6.56. The van der Waals surface area contributed by atoms with Crippen LogP contribution in [0.5, 0.6) is 11.5 Å². The van der Waals surface area contributed by atoms with E-state index >= 15 is 0 Å². The number of rotatable bonds is 9. The molecule has 0 heterocycles. The summed E-state index contributed by atoms with van der Waals surface area (Å²) in [4.78, 5) is 42.3. The van der Waals surface area contributed by atoms with Gasteiger partial charge in [-0.2, -0.15) is 0 Å². The van der Waals surface area contributed by atoms with Crippen LogP contribution >= 0.6 is 11.6 Å². The number of carbonyl (C=O) groups excluding carboxylic acids is 3. The molecule has 0 aromatic heterocycles. The number of methoxy groups -OCH3 is 1. The summed E-state index contributed by atoms with van der Waals surface area (Å²) in [5.74, 6) is -4.26. The van der Waals surface area contributed by atoms with Crippen molar-refractivity contribution in [3.05, 3.63) is 117 Å². The Morgan fingerprint density at radius 1 is 0.854 bits per heavy atom. The molecule has 1 saturated carbocycles. The van der Waals surface area contributed by atoms with Crippen molar-refractivity contribution in [1.29, 1.82) is 0 Å². The molecule has 5 rings (SSSR count). The molecule has 1 aliphatic carbocycles. The number of anilines is 2. The predicted molar refractivity (Wildman–Crippen MR) is 188 cm³/mol. The first-order valence-electron chi connectivity index (χ1n) is 15.8. The second kappa shape index (κ2) is 14.2. The standard InChI is InChI=1S/C39H41ClN2O6/c1-22-9-7-11-29(24(22)3)41-37(44)35-31(43)20-39(5,46)36(38(45)42-30-12-8-10-23(2)25(30)4)34(35)27-15-18-32(33(19-27)47-6)48-21-26-13-16-28(40)17-14-26/h7-19,34-36,46H,20-21H2,1-6H3,(H,41,44)(H,42,45). The number of nitrogens with one attached hydrogen (secondary N) is 2. The SMILES string of the molecule is COc1cc(C2C(C(=O)Nc3cccc(C)c3C)C(=O)CC(C)(O)C2C(=O)Nc2cccc(C)c2C)ccc1OCc1ccc(Cl)cc1. The highest BCUT2D eigenvalue weighted by molar-refractivity contribution is 6.30. The quantitative estimate of drug-likeness (QED) is 0.159. The van der Waals surface area contributed by atoms with Gasteiger partial charge in [0.15, 0.2) is 11.5 Å². The van der Waals surface area contributed by atoms with Gasteiger partial charge >= 0.3 is 0 Å². The monoisotopic (exact) mass is 668 g/mol. The molecule has 0 bridgehead atoms. The molecule has 1 aliphatic rings. The zero-order valence-corrected chi connectivity index (χ0v) is 28.8. The van der Waals surface area contributed by atoms with E-state index in [1.165, 1.54) is 14.0 Å². The van der Waals surface area contributed by atoms with Crippen LogP contribution in [0.15, 0.2) is 78.9 Å². The lowest BCUT2D eigenvalue weighted by atomic mass is 9.61. The number of carbonyl (C=O) groups is 3. The maximum absolute atomic E-state index is 14.3. The Labute approximate surface area is 286 Å². The van der Waals surface area contributed by atoms with Gasteiger partial charge in [0.25, 0.3) is 0 Å². The predicted octanol–water partition coefficient (Wildman–Crippen LogP) is 7.48. The van der Waals surface area contributed by atoms with Crippen molar-refractivity contribution < 1.29 is 29.0 Å². The molecule has 250 valence electrons. The number of halogens is 1. The molecule has 8 nitrogen and oxygen atoms in total. The fraction of sp³-hybridized carbons (Fsp3) is 0.308. The number of aliphatic hydroxyl groups is 1. The highest BCUT2D eigenvalue weighted by atomic mass is 35.5. The third kappa shape index (κ3) is 7.25. The molecule has 2 amide bonds. The Balaban J connectivity index is 1.57. The van der Waals surface area contributed by atoms with E-state index in [0.29, 0.717) is 33.5 Å². The molecular weight excluding hydrogens is 628 g/mol. The average Bonchev–Trinajstić information content (AvgIpc) is 3.04. The van der Waals surface area contributed by atoms with Crippen molar-refractivity contribution in [2.75, 3.05) is 17.7 Å². The van der Waals surface area contributed by atoms with Gasteiger partial charge < -0.3 is 25.2 Å². The van der Waals surface area contributed by atoms with E-state index in [2.05, 4.69) is 10.6 Å². The molecule has 1 fully saturated rings. The van der Waals surface area contributed by atoms with Crippen LogP contribution in [0.3, 0.4) is 0 Å². The first-order chi connectivity index (χ1) is 22.8. The summed E-state index contributed by atoms with van der Waals surface area (Å²) >= 11 is 6.03. The summed E-state index contributed by atoms with van der Waals surface area (Å²) in [6.45, 7) is 9.39. The third-order valence-corrected chi connectivity index (χ3v) is 9.69. The number of benzene rings is 4. The molecular formula is C39H41ClN2O6. The van der Waals surface area contributed by atoms with Gasteiger partial charge in [0.05, 0.1) is 18.6 Å². The van der Waals surface area contributed by atoms with Crippen molar-refractivity contribution in [2.24, 2.45) is 11.8 Å². The highest BCUT2D eigenvalue weighted by Crippen LogP contribution is 2.48. The Morgan fingerprint density at radius 3 is 2.02 bits per heavy atom. The molecule has 9 heteroatoms. The van der Waals surface area contributed by atoms with Gasteiger partial charge in [-0.1, -0.05) is 54.1 Å². The van der Waals surface area contributed by atoms with Gasteiger partial charge in [-0.05, 0) is 104 Å². The average molecular weight is 669 g/mol. The van der Waals surface area contributed by atoms with Crippen LogP contribution in [0.4, 0.5) is 11.4 Å². The van der Waals surface area contributed by atoms with E-state index in [4.69, 9.17) is 21.1 Å². The second-order valence-corrected chi connectivity index (χ2v) is 13.2. The van der Waals surface area contributed by atoms with E-state index < -0.39 is 41.0 Å². The van der Waals surface area contributed by atoms with E-state index in [1.54, 1.807) is 42.5 Å². The van der Waals surface area contributed by atoms with Crippen molar-refractivity contribution in [3.63, 3.8) is 0 Å². The van der Waals surface area contributed by atoms with E-state index in [0.717, 1.165) is 27.8 Å². The van der Waals surface area contributed by atoms with Crippen molar-refractivity contribution in [2.45, 2.75) is 59.2 Å². The van der Waals surface area contributed by atoms with Gasteiger partial charge in [-0.25, -0.2) is 0 Å². The van der Waals surface area contributed by atoms with Crippen LogP contribution in [-0.4, -0.2) is 35.4 Å². The summed E-state index contributed by atoms with van der Waals surface area (Å²) in [5, 5.41) is 18.4. The molecule has 4 unspecified atom stereocenters.